The van der Waals surface area contributed by atoms with Gasteiger partial charge in [-0.05, 0) is 30.8 Å². The predicted molar refractivity (Wildman–Crippen MR) is 84.2 cm³/mol. The van der Waals surface area contributed by atoms with Gasteiger partial charge in [0.05, 0.1) is 0 Å². The van der Waals surface area contributed by atoms with Crippen molar-refractivity contribution in [1.29, 1.82) is 0 Å². The summed E-state index contributed by atoms with van der Waals surface area (Å²) in [6.45, 7) is 5.22. The van der Waals surface area contributed by atoms with Crippen molar-refractivity contribution in [2.24, 2.45) is 0 Å². The molecule has 5 heteroatoms. The fraction of sp³-hybridized carbons (Fsp3) is 0.714. The van der Waals surface area contributed by atoms with Gasteiger partial charge in [0.1, 0.15) is 17.5 Å². The summed E-state index contributed by atoms with van der Waals surface area (Å²) in [5, 5.41) is 6.92. The molecular weight excluding hydrogens is 256 g/mol. The summed E-state index contributed by atoms with van der Waals surface area (Å²) in [6, 6.07) is 2.61. The Morgan fingerprint density at radius 1 is 1.21 bits per heavy atom. The van der Waals surface area contributed by atoms with Gasteiger partial charge in [-0.25, -0.2) is 9.97 Å². The van der Waals surface area contributed by atoms with Gasteiger partial charge in [-0.15, -0.1) is 0 Å². The van der Waals surface area contributed by atoms with Crippen LogP contribution in [0.2, 0.25) is 0 Å². The van der Waals surface area contributed by atoms with Crippen LogP contribution in [0, 0.1) is 0 Å². The van der Waals surface area contributed by atoms with Gasteiger partial charge < -0.3 is 10.6 Å². The van der Waals surface area contributed by atoms with Crippen LogP contribution < -0.4 is 10.6 Å². The molecule has 1 aromatic rings. The Kier molecular flexibility index (Phi) is 5.76. The van der Waals surface area contributed by atoms with E-state index in [1.54, 1.807) is 0 Å². The SMILES string of the molecule is CCCNc1cc(NC2CCSCC2)nc(CC)n1. The molecule has 0 atom stereocenters. The van der Waals surface area contributed by atoms with Gasteiger partial charge in [0.2, 0.25) is 0 Å². The second-order valence-corrected chi connectivity index (χ2v) is 6.09. The van der Waals surface area contributed by atoms with Crippen molar-refractivity contribution >= 4 is 23.4 Å². The first kappa shape index (κ1) is 14.4. The Morgan fingerprint density at radius 3 is 2.63 bits per heavy atom. The molecule has 1 aliphatic heterocycles. The third-order valence-corrected chi connectivity index (χ3v) is 4.27. The van der Waals surface area contributed by atoms with Crippen LogP contribution >= 0.6 is 11.8 Å². The van der Waals surface area contributed by atoms with Crippen molar-refractivity contribution in [2.75, 3.05) is 28.7 Å². The zero-order valence-corrected chi connectivity index (χ0v) is 12.7. The molecule has 2 N–H and O–H groups in total. The Morgan fingerprint density at radius 2 is 1.95 bits per heavy atom. The predicted octanol–water partition coefficient (Wildman–Crippen LogP) is 3.17. The van der Waals surface area contributed by atoms with Crippen molar-refractivity contribution in [3.05, 3.63) is 11.9 Å². The molecule has 0 spiro atoms. The molecule has 0 radical (unpaired) electrons. The molecule has 2 heterocycles. The summed E-state index contributed by atoms with van der Waals surface area (Å²) >= 11 is 2.05. The van der Waals surface area contributed by atoms with Gasteiger partial charge in [-0.2, -0.15) is 11.8 Å². The van der Waals surface area contributed by atoms with E-state index in [1.807, 2.05) is 17.8 Å². The smallest absolute Gasteiger partial charge is 0.132 e. The zero-order valence-electron chi connectivity index (χ0n) is 11.9. The molecule has 0 amide bonds. The first-order valence-corrected chi connectivity index (χ1v) is 8.43. The monoisotopic (exact) mass is 280 g/mol. The van der Waals surface area contributed by atoms with E-state index in [0.29, 0.717) is 6.04 Å². The molecule has 2 rings (SSSR count). The molecule has 0 unspecified atom stereocenters. The van der Waals surface area contributed by atoms with Crippen LogP contribution in [-0.4, -0.2) is 34.1 Å². The number of thioether (sulfide) groups is 1. The minimum absolute atomic E-state index is 0.569. The first-order valence-electron chi connectivity index (χ1n) is 7.28. The Hall–Kier alpha value is -0.970. The van der Waals surface area contributed by atoms with E-state index in [0.717, 1.165) is 36.8 Å². The number of hydrogen-bond donors (Lipinski definition) is 2. The van der Waals surface area contributed by atoms with Gasteiger partial charge >= 0.3 is 0 Å². The molecular formula is C14H24N4S. The van der Waals surface area contributed by atoms with Gasteiger partial charge in [0, 0.05) is 25.1 Å². The highest BCUT2D eigenvalue weighted by Gasteiger charge is 2.14. The molecule has 1 aromatic heterocycles. The summed E-state index contributed by atoms with van der Waals surface area (Å²) in [4.78, 5) is 9.10. The topological polar surface area (TPSA) is 49.8 Å². The summed E-state index contributed by atoms with van der Waals surface area (Å²) in [7, 11) is 0. The van der Waals surface area contributed by atoms with Crippen molar-refractivity contribution < 1.29 is 0 Å². The maximum atomic E-state index is 4.59. The van der Waals surface area contributed by atoms with Gasteiger partial charge in [0.25, 0.3) is 0 Å². The van der Waals surface area contributed by atoms with E-state index in [4.69, 9.17) is 0 Å². The average molecular weight is 280 g/mol. The van der Waals surface area contributed by atoms with Crippen LogP contribution in [0.4, 0.5) is 11.6 Å². The maximum absolute atomic E-state index is 4.59. The number of nitrogens with zero attached hydrogens (tertiary/aromatic N) is 2. The molecule has 0 aromatic carbocycles. The quantitative estimate of drug-likeness (QED) is 0.838. The second-order valence-electron chi connectivity index (χ2n) is 4.87. The molecule has 19 heavy (non-hydrogen) atoms. The van der Waals surface area contributed by atoms with Crippen LogP contribution in [-0.2, 0) is 6.42 Å². The van der Waals surface area contributed by atoms with Crippen molar-refractivity contribution in [1.82, 2.24) is 9.97 Å². The Bertz CT molecular complexity index is 391. The van der Waals surface area contributed by atoms with Crippen LogP contribution in [0.1, 0.15) is 38.9 Å². The number of nitrogens with one attached hydrogen (secondary N) is 2. The molecule has 0 aliphatic carbocycles. The average Bonchev–Trinajstić information content (AvgIpc) is 2.46. The van der Waals surface area contributed by atoms with E-state index in [2.05, 4.69) is 34.4 Å². The lowest BCUT2D eigenvalue weighted by atomic mass is 10.1. The molecule has 1 aliphatic rings. The lowest BCUT2D eigenvalue weighted by Crippen LogP contribution is -2.25. The van der Waals surface area contributed by atoms with Crippen molar-refractivity contribution in [3.63, 3.8) is 0 Å². The summed E-state index contributed by atoms with van der Waals surface area (Å²) < 4.78 is 0. The highest BCUT2D eigenvalue weighted by Crippen LogP contribution is 2.21. The second kappa shape index (κ2) is 7.58. The Balaban J connectivity index is 2.04. The third-order valence-electron chi connectivity index (χ3n) is 3.22. The van der Waals surface area contributed by atoms with E-state index < -0.39 is 0 Å². The highest BCUT2D eigenvalue weighted by molar-refractivity contribution is 7.99. The maximum Gasteiger partial charge on any atom is 0.132 e. The van der Waals surface area contributed by atoms with Gasteiger partial charge in [0.15, 0.2) is 0 Å². The van der Waals surface area contributed by atoms with E-state index in [-0.39, 0.29) is 0 Å². The van der Waals surface area contributed by atoms with E-state index >= 15 is 0 Å². The molecule has 1 saturated heterocycles. The number of rotatable bonds is 6. The zero-order chi connectivity index (χ0) is 13.5. The van der Waals surface area contributed by atoms with E-state index in [1.165, 1.54) is 24.3 Å². The minimum Gasteiger partial charge on any atom is -0.370 e. The van der Waals surface area contributed by atoms with Crippen LogP contribution in [0.25, 0.3) is 0 Å². The fourth-order valence-corrected chi connectivity index (χ4v) is 3.23. The number of anilines is 2. The lowest BCUT2D eigenvalue weighted by molar-refractivity contribution is 0.662. The highest BCUT2D eigenvalue weighted by atomic mass is 32.2. The number of hydrogen-bond acceptors (Lipinski definition) is 5. The van der Waals surface area contributed by atoms with E-state index in [9.17, 15) is 0 Å². The third kappa shape index (κ3) is 4.56. The molecule has 0 bridgehead atoms. The van der Waals surface area contributed by atoms with Crippen molar-refractivity contribution in [3.8, 4) is 0 Å². The lowest BCUT2D eigenvalue weighted by Gasteiger charge is -2.23. The number of aryl methyl sites for hydroxylation is 1. The first-order chi connectivity index (χ1) is 9.31. The fourth-order valence-electron chi connectivity index (χ4n) is 2.12. The molecule has 1 fully saturated rings. The summed E-state index contributed by atoms with van der Waals surface area (Å²) in [5.41, 5.74) is 0. The van der Waals surface area contributed by atoms with Crippen LogP contribution in [0.5, 0.6) is 0 Å². The standard InChI is InChI=1S/C14H24N4S/c1-3-7-15-13-10-14(18-12(4-2)17-13)16-11-5-8-19-9-6-11/h10-11H,3-9H2,1-2H3,(H2,15,16,17,18). The van der Waals surface area contributed by atoms with Crippen LogP contribution in [0.15, 0.2) is 6.07 Å². The Labute approximate surface area is 120 Å². The molecule has 0 saturated carbocycles. The van der Waals surface area contributed by atoms with Crippen LogP contribution in [0.3, 0.4) is 0 Å². The van der Waals surface area contributed by atoms with Gasteiger partial charge in [-0.3, -0.25) is 0 Å². The largest absolute Gasteiger partial charge is 0.370 e. The van der Waals surface area contributed by atoms with Crippen molar-refractivity contribution in [2.45, 2.75) is 45.6 Å². The summed E-state index contributed by atoms with van der Waals surface area (Å²) in [5.74, 6) is 5.34. The number of aromatic nitrogens is 2. The molecule has 106 valence electrons. The minimum atomic E-state index is 0.569. The van der Waals surface area contributed by atoms with Gasteiger partial charge in [-0.1, -0.05) is 13.8 Å². The summed E-state index contributed by atoms with van der Waals surface area (Å²) in [6.07, 6.45) is 4.44. The molecule has 4 nitrogen and oxygen atoms in total. The normalized spacial score (nSPS) is 16.3.